The molecule has 0 saturated heterocycles. The van der Waals surface area contributed by atoms with Gasteiger partial charge in [-0.2, -0.15) is 0 Å². The van der Waals surface area contributed by atoms with Gasteiger partial charge in [0.15, 0.2) is 0 Å². The molecule has 0 bridgehead atoms. The van der Waals surface area contributed by atoms with E-state index >= 15 is 0 Å². The Hall–Kier alpha value is -2.28. The molecular formula is C13H17N5O2. The van der Waals surface area contributed by atoms with Crippen LogP contribution >= 0.6 is 0 Å². The first-order chi connectivity index (χ1) is 9.49. The topological polar surface area (TPSA) is 85.9 Å². The van der Waals surface area contributed by atoms with Crippen LogP contribution in [-0.4, -0.2) is 26.0 Å². The van der Waals surface area contributed by atoms with Crippen LogP contribution in [0.1, 0.15) is 25.1 Å². The molecule has 7 heteroatoms. The fraction of sp³-hybridized carbons (Fsp3) is 0.385. The van der Waals surface area contributed by atoms with E-state index < -0.39 is 4.92 Å². The predicted molar refractivity (Wildman–Crippen MR) is 74.7 cm³/mol. The molecule has 106 valence electrons. The summed E-state index contributed by atoms with van der Waals surface area (Å²) in [5.74, 6) is 0. The Balaban J connectivity index is 2.28. The zero-order valence-corrected chi connectivity index (χ0v) is 11.7. The molecule has 0 radical (unpaired) electrons. The number of hydrogen-bond acceptors (Lipinski definition) is 5. The minimum Gasteiger partial charge on any atom is -0.309 e. The Labute approximate surface area is 116 Å². The van der Waals surface area contributed by atoms with Crippen molar-refractivity contribution in [2.24, 2.45) is 0 Å². The van der Waals surface area contributed by atoms with E-state index in [1.54, 1.807) is 29.9 Å². The molecule has 0 aliphatic carbocycles. The summed E-state index contributed by atoms with van der Waals surface area (Å²) in [6.45, 7) is 6.43. The number of rotatable bonds is 5. The summed E-state index contributed by atoms with van der Waals surface area (Å²) >= 11 is 0. The highest BCUT2D eigenvalue weighted by Gasteiger charge is 2.15. The first kappa shape index (κ1) is 14.1. The molecule has 1 heterocycles. The fourth-order valence-electron chi connectivity index (χ4n) is 1.86. The molecule has 0 saturated carbocycles. The van der Waals surface area contributed by atoms with Gasteiger partial charge in [-0.25, -0.2) is 4.68 Å². The molecule has 0 atom stereocenters. The Morgan fingerprint density at radius 3 is 2.85 bits per heavy atom. The van der Waals surface area contributed by atoms with Crippen LogP contribution in [0, 0.1) is 17.0 Å². The van der Waals surface area contributed by atoms with E-state index in [9.17, 15) is 10.1 Å². The third kappa shape index (κ3) is 3.00. The molecule has 0 fully saturated rings. The molecule has 20 heavy (non-hydrogen) atoms. The standard InChI is InChI=1S/C13H17N5O2/c1-9(2)14-7-11-8-17(16-15-11)12-5-4-6-13(10(12)3)18(19)20/h4-6,8-9,14H,7H2,1-3H3. The quantitative estimate of drug-likeness (QED) is 0.666. The Bertz CT molecular complexity index is 621. The van der Waals surface area contributed by atoms with Crippen molar-refractivity contribution in [1.29, 1.82) is 0 Å². The first-order valence-corrected chi connectivity index (χ1v) is 6.38. The van der Waals surface area contributed by atoms with Crippen LogP contribution in [0.15, 0.2) is 24.4 Å². The summed E-state index contributed by atoms with van der Waals surface area (Å²) in [5.41, 5.74) is 2.12. The molecule has 1 N–H and O–H groups in total. The van der Waals surface area contributed by atoms with Gasteiger partial charge in [-0.3, -0.25) is 10.1 Å². The van der Waals surface area contributed by atoms with E-state index in [4.69, 9.17) is 0 Å². The third-order valence-electron chi connectivity index (χ3n) is 2.95. The number of benzene rings is 1. The summed E-state index contributed by atoms with van der Waals surface area (Å²) in [7, 11) is 0. The highest BCUT2D eigenvalue weighted by atomic mass is 16.6. The first-order valence-electron chi connectivity index (χ1n) is 6.38. The molecule has 0 aliphatic rings. The number of nitro benzene ring substituents is 1. The van der Waals surface area contributed by atoms with Crippen LogP contribution in [0.3, 0.4) is 0 Å². The van der Waals surface area contributed by atoms with Gasteiger partial charge in [-0.15, -0.1) is 5.10 Å². The minimum absolute atomic E-state index is 0.0832. The lowest BCUT2D eigenvalue weighted by molar-refractivity contribution is -0.385. The second-order valence-corrected chi connectivity index (χ2v) is 4.87. The molecule has 0 aliphatic heterocycles. The van der Waals surface area contributed by atoms with E-state index in [0.717, 1.165) is 5.69 Å². The predicted octanol–water partition coefficient (Wildman–Crippen LogP) is 1.98. The maximum Gasteiger partial charge on any atom is 0.274 e. The number of aromatic nitrogens is 3. The van der Waals surface area contributed by atoms with Crippen molar-refractivity contribution in [2.75, 3.05) is 0 Å². The molecule has 1 aromatic carbocycles. The Kier molecular flexibility index (Phi) is 4.09. The second-order valence-electron chi connectivity index (χ2n) is 4.87. The molecule has 2 rings (SSSR count). The molecule has 7 nitrogen and oxygen atoms in total. The maximum atomic E-state index is 10.9. The van der Waals surface area contributed by atoms with E-state index in [2.05, 4.69) is 29.5 Å². The average molecular weight is 275 g/mol. The van der Waals surface area contributed by atoms with Gasteiger partial charge < -0.3 is 5.32 Å². The van der Waals surface area contributed by atoms with Crippen molar-refractivity contribution in [3.8, 4) is 5.69 Å². The highest BCUT2D eigenvalue weighted by molar-refractivity contribution is 5.52. The van der Waals surface area contributed by atoms with Gasteiger partial charge in [0.2, 0.25) is 0 Å². The van der Waals surface area contributed by atoms with Gasteiger partial charge in [0, 0.05) is 18.7 Å². The number of hydrogen-bond donors (Lipinski definition) is 1. The number of nitrogens with zero attached hydrogens (tertiary/aromatic N) is 4. The van der Waals surface area contributed by atoms with Gasteiger partial charge in [0.05, 0.1) is 28.1 Å². The lowest BCUT2D eigenvalue weighted by Crippen LogP contribution is -2.21. The summed E-state index contributed by atoms with van der Waals surface area (Å²) < 4.78 is 1.57. The Morgan fingerprint density at radius 2 is 2.20 bits per heavy atom. The molecule has 2 aromatic rings. The number of nitrogens with one attached hydrogen (secondary N) is 1. The van der Waals surface area contributed by atoms with Gasteiger partial charge in [0.1, 0.15) is 0 Å². The second kappa shape index (κ2) is 5.79. The van der Waals surface area contributed by atoms with Crippen LogP contribution < -0.4 is 5.32 Å². The molecule has 0 amide bonds. The van der Waals surface area contributed by atoms with Crippen LogP contribution in [0.25, 0.3) is 5.69 Å². The van der Waals surface area contributed by atoms with Crippen molar-refractivity contribution in [2.45, 2.75) is 33.4 Å². The third-order valence-corrected chi connectivity index (χ3v) is 2.95. The van der Waals surface area contributed by atoms with Crippen LogP contribution in [0.2, 0.25) is 0 Å². The molecule has 1 aromatic heterocycles. The van der Waals surface area contributed by atoms with E-state index in [1.807, 2.05) is 0 Å². The van der Waals surface area contributed by atoms with Gasteiger partial charge in [0.25, 0.3) is 5.69 Å². The van der Waals surface area contributed by atoms with E-state index in [1.165, 1.54) is 6.07 Å². The van der Waals surface area contributed by atoms with Gasteiger partial charge in [-0.1, -0.05) is 25.1 Å². The van der Waals surface area contributed by atoms with Gasteiger partial charge in [-0.05, 0) is 13.0 Å². The van der Waals surface area contributed by atoms with E-state index in [0.29, 0.717) is 23.8 Å². The number of nitro groups is 1. The summed E-state index contributed by atoms with van der Waals surface area (Å²) in [5, 5.41) is 22.3. The lowest BCUT2D eigenvalue weighted by Gasteiger charge is -2.05. The largest absolute Gasteiger partial charge is 0.309 e. The zero-order valence-electron chi connectivity index (χ0n) is 11.7. The maximum absolute atomic E-state index is 10.9. The van der Waals surface area contributed by atoms with Crippen molar-refractivity contribution in [3.05, 3.63) is 45.8 Å². The highest BCUT2D eigenvalue weighted by Crippen LogP contribution is 2.23. The van der Waals surface area contributed by atoms with Crippen LogP contribution in [0.5, 0.6) is 0 Å². The average Bonchev–Trinajstić information content (AvgIpc) is 2.85. The molecular weight excluding hydrogens is 258 g/mol. The summed E-state index contributed by atoms with van der Waals surface area (Å²) in [6.07, 6.45) is 1.78. The fourth-order valence-corrected chi connectivity index (χ4v) is 1.86. The molecule has 0 spiro atoms. The minimum atomic E-state index is -0.392. The lowest BCUT2D eigenvalue weighted by atomic mass is 10.1. The normalized spacial score (nSPS) is 11.0. The van der Waals surface area contributed by atoms with Crippen molar-refractivity contribution >= 4 is 5.69 Å². The van der Waals surface area contributed by atoms with Crippen molar-refractivity contribution < 1.29 is 4.92 Å². The monoisotopic (exact) mass is 275 g/mol. The van der Waals surface area contributed by atoms with Crippen molar-refractivity contribution in [1.82, 2.24) is 20.3 Å². The Morgan fingerprint density at radius 1 is 1.45 bits per heavy atom. The SMILES string of the molecule is Cc1c(-n2cc(CNC(C)C)nn2)cccc1[N+](=O)[O-]. The van der Waals surface area contributed by atoms with Gasteiger partial charge >= 0.3 is 0 Å². The zero-order chi connectivity index (χ0) is 14.7. The van der Waals surface area contributed by atoms with Crippen LogP contribution in [-0.2, 0) is 6.54 Å². The molecule has 0 unspecified atom stereocenters. The summed E-state index contributed by atoms with van der Waals surface area (Å²) in [6, 6.07) is 5.28. The smallest absolute Gasteiger partial charge is 0.274 e. The summed E-state index contributed by atoms with van der Waals surface area (Å²) in [4.78, 5) is 10.5. The van der Waals surface area contributed by atoms with Crippen molar-refractivity contribution in [3.63, 3.8) is 0 Å². The van der Waals surface area contributed by atoms with Crippen LogP contribution in [0.4, 0.5) is 5.69 Å². The van der Waals surface area contributed by atoms with E-state index in [-0.39, 0.29) is 5.69 Å².